The van der Waals surface area contributed by atoms with Crippen molar-refractivity contribution in [3.8, 4) is 5.75 Å². The smallest absolute Gasteiger partial charge is 0.127 e. The Balaban J connectivity index is 2.10. The van der Waals surface area contributed by atoms with Gasteiger partial charge in [-0.15, -0.1) is 0 Å². The first-order valence-electron chi connectivity index (χ1n) is 6.26. The van der Waals surface area contributed by atoms with Crippen molar-refractivity contribution in [3.05, 3.63) is 78.4 Å². The van der Waals surface area contributed by atoms with Gasteiger partial charge >= 0.3 is 0 Å². The van der Waals surface area contributed by atoms with Gasteiger partial charge in [0.15, 0.2) is 0 Å². The molecule has 0 fully saturated rings. The van der Waals surface area contributed by atoms with Crippen LogP contribution in [0.4, 0.5) is 0 Å². The van der Waals surface area contributed by atoms with E-state index in [1.165, 1.54) is 5.56 Å². The average Bonchev–Trinajstić information content (AvgIpc) is 2.40. The quantitative estimate of drug-likeness (QED) is 0.688. The van der Waals surface area contributed by atoms with Gasteiger partial charge in [-0.2, -0.15) is 0 Å². The Kier molecular flexibility index (Phi) is 3.86. The fourth-order valence-corrected chi connectivity index (χ4v) is 1.75. The number of benzene rings is 2. The van der Waals surface area contributed by atoms with Crippen molar-refractivity contribution in [2.24, 2.45) is 0 Å². The topological polar surface area (TPSA) is 9.23 Å². The molecule has 1 nitrogen and oxygen atoms in total. The maximum Gasteiger partial charge on any atom is 0.127 e. The predicted molar refractivity (Wildman–Crippen MR) is 82.0 cm³/mol. The molecule has 0 N–H and O–H groups in total. The monoisotopic (exact) mass is 250 g/mol. The minimum atomic E-state index is 0.656. The number of rotatable bonds is 4. The standard InChI is InChI=1S/C18H18O/c1-13(2)16-9-11-18(12-10-16)19-15(4)17-7-5-14(3)6-8-17/h5-12H,1,4H2,2-3H3. The summed E-state index contributed by atoms with van der Waals surface area (Å²) in [6.45, 7) is 11.9. The summed E-state index contributed by atoms with van der Waals surface area (Å²) in [4.78, 5) is 0. The zero-order valence-corrected chi connectivity index (χ0v) is 11.4. The summed E-state index contributed by atoms with van der Waals surface area (Å²) >= 11 is 0. The van der Waals surface area contributed by atoms with Crippen LogP contribution in [0.15, 0.2) is 61.7 Å². The second-order valence-corrected chi connectivity index (χ2v) is 4.70. The largest absolute Gasteiger partial charge is 0.457 e. The van der Waals surface area contributed by atoms with Gasteiger partial charge in [0.1, 0.15) is 11.5 Å². The van der Waals surface area contributed by atoms with Crippen LogP contribution >= 0.6 is 0 Å². The van der Waals surface area contributed by atoms with E-state index in [0.29, 0.717) is 5.76 Å². The van der Waals surface area contributed by atoms with E-state index in [1.807, 2.05) is 55.5 Å². The highest BCUT2D eigenvalue weighted by Gasteiger charge is 2.02. The van der Waals surface area contributed by atoms with E-state index in [2.05, 4.69) is 20.1 Å². The lowest BCUT2D eigenvalue weighted by Crippen LogP contribution is -1.93. The van der Waals surface area contributed by atoms with Crippen LogP contribution in [0.1, 0.15) is 23.6 Å². The molecule has 0 saturated carbocycles. The molecule has 0 radical (unpaired) electrons. The van der Waals surface area contributed by atoms with Crippen molar-refractivity contribution in [3.63, 3.8) is 0 Å². The molecule has 2 aromatic carbocycles. The third-order valence-electron chi connectivity index (χ3n) is 2.96. The van der Waals surface area contributed by atoms with Gasteiger partial charge in [-0.05, 0) is 31.5 Å². The Morgan fingerprint density at radius 3 is 1.89 bits per heavy atom. The van der Waals surface area contributed by atoms with Crippen molar-refractivity contribution in [1.82, 2.24) is 0 Å². The minimum Gasteiger partial charge on any atom is -0.457 e. The molecule has 0 aromatic heterocycles. The summed E-state index contributed by atoms with van der Waals surface area (Å²) in [6.07, 6.45) is 0. The van der Waals surface area contributed by atoms with Crippen molar-refractivity contribution >= 4 is 11.3 Å². The summed E-state index contributed by atoms with van der Waals surface area (Å²) in [6, 6.07) is 16.0. The minimum absolute atomic E-state index is 0.656. The lowest BCUT2D eigenvalue weighted by atomic mass is 10.1. The van der Waals surface area contributed by atoms with E-state index < -0.39 is 0 Å². The van der Waals surface area contributed by atoms with Crippen molar-refractivity contribution in [2.45, 2.75) is 13.8 Å². The number of allylic oxidation sites excluding steroid dienone is 1. The van der Waals surface area contributed by atoms with Crippen LogP contribution in [0.25, 0.3) is 11.3 Å². The third kappa shape index (κ3) is 3.35. The number of aryl methyl sites for hydroxylation is 1. The zero-order chi connectivity index (χ0) is 13.8. The SMILES string of the molecule is C=C(C)c1ccc(OC(=C)c2ccc(C)cc2)cc1. The molecule has 0 bridgehead atoms. The molecule has 1 heteroatoms. The van der Waals surface area contributed by atoms with Gasteiger partial charge in [-0.25, -0.2) is 0 Å². The molecule has 19 heavy (non-hydrogen) atoms. The zero-order valence-electron chi connectivity index (χ0n) is 11.4. The lowest BCUT2D eigenvalue weighted by Gasteiger charge is -2.10. The lowest BCUT2D eigenvalue weighted by molar-refractivity contribution is 0.516. The van der Waals surface area contributed by atoms with Crippen molar-refractivity contribution < 1.29 is 4.74 Å². The molecule has 96 valence electrons. The molecule has 2 aromatic rings. The molecular weight excluding hydrogens is 232 g/mol. The van der Waals surface area contributed by atoms with E-state index in [1.54, 1.807) is 0 Å². The fourth-order valence-electron chi connectivity index (χ4n) is 1.75. The van der Waals surface area contributed by atoms with Crippen LogP contribution in [-0.4, -0.2) is 0 Å². The average molecular weight is 250 g/mol. The van der Waals surface area contributed by atoms with E-state index in [-0.39, 0.29) is 0 Å². The summed E-state index contributed by atoms with van der Waals surface area (Å²) in [7, 11) is 0. The molecule has 0 atom stereocenters. The summed E-state index contributed by atoms with van der Waals surface area (Å²) < 4.78 is 5.75. The summed E-state index contributed by atoms with van der Waals surface area (Å²) in [5, 5.41) is 0. The molecule has 0 heterocycles. The Morgan fingerprint density at radius 1 is 0.842 bits per heavy atom. The van der Waals surface area contributed by atoms with Crippen molar-refractivity contribution in [2.75, 3.05) is 0 Å². The number of hydrogen-bond donors (Lipinski definition) is 0. The third-order valence-corrected chi connectivity index (χ3v) is 2.96. The molecule has 0 aliphatic carbocycles. The van der Waals surface area contributed by atoms with Gasteiger partial charge < -0.3 is 4.74 Å². The maximum atomic E-state index is 5.75. The second-order valence-electron chi connectivity index (χ2n) is 4.70. The summed E-state index contributed by atoms with van der Waals surface area (Å²) in [5.41, 5.74) is 4.38. The van der Waals surface area contributed by atoms with Gasteiger partial charge in [0.2, 0.25) is 0 Å². The molecule has 0 saturated heterocycles. The molecule has 0 unspecified atom stereocenters. The van der Waals surface area contributed by atoms with Gasteiger partial charge in [0, 0.05) is 5.56 Å². The van der Waals surface area contributed by atoms with Gasteiger partial charge in [0.25, 0.3) is 0 Å². The highest BCUT2D eigenvalue weighted by Crippen LogP contribution is 2.22. The van der Waals surface area contributed by atoms with Crippen LogP contribution in [0.2, 0.25) is 0 Å². The highest BCUT2D eigenvalue weighted by molar-refractivity contribution is 5.63. The molecule has 2 rings (SSSR count). The van der Waals surface area contributed by atoms with E-state index in [0.717, 1.165) is 22.4 Å². The molecule has 0 amide bonds. The number of ether oxygens (including phenoxy) is 1. The predicted octanol–water partition coefficient (Wildman–Crippen LogP) is 5.08. The van der Waals surface area contributed by atoms with Gasteiger partial charge in [-0.3, -0.25) is 0 Å². The van der Waals surface area contributed by atoms with E-state index >= 15 is 0 Å². The number of hydrogen-bond acceptors (Lipinski definition) is 1. The Bertz CT molecular complexity index is 589. The van der Waals surface area contributed by atoms with Crippen molar-refractivity contribution in [1.29, 1.82) is 0 Å². The molecule has 0 aliphatic heterocycles. The van der Waals surface area contributed by atoms with Gasteiger partial charge in [-0.1, -0.05) is 60.7 Å². The van der Waals surface area contributed by atoms with Crippen LogP contribution in [0.5, 0.6) is 5.75 Å². The summed E-state index contributed by atoms with van der Waals surface area (Å²) in [5.74, 6) is 1.44. The van der Waals surface area contributed by atoms with Crippen LogP contribution in [0, 0.1) is 6.92 Å². The molecule has 0 spiro atoms. The first-order valence-corrected chi connectivity index (χ1v) is 6.26. The Hall–Kier alpha value is -2.28. The van der Waals surface area contributed by atoms with Crippen LogP contribution in [-0.2, 0) is 0 Å². The van der Waals surface area contributed by atoms with Crippen LogP contribution in [0.3, 0.4) is 0 Å². The Labute approximate surface area is 114 Å². The van der Waals surface area contributed by atoms with Gasteiger partial charge in [0.05, 0.1) is 0 Å². The highest BCUT2D eigenvalue weighted by atomic mass is 16.5. The van der Waals surface area contributed by atoms with Crippen LogP contribution < -0.4 is 4.74 Å². The first kappa shape index (κ1) is 13.2. The fraction of sp³-hybridized carbons (Fsp3) is 0.111. The first-order chi connectivity index (χ1) is 9.06. The maximum absolute atomic E-state index is 5.75. The Morgan fingerprint density at radius 2 is 1.37 bits per heavy atom. The second kappa shape index (κ2) is 5.57. The van der Waals surface area contributed by atoms with E-state index in [4.69, 9.17) is 4.74 Å². The molecular formula is C18H18O. The normalized spacial score (nSPS) is 10.0. The molecule has 0 aliphatic rings. The van der Waals surface area contributed by atoms with E-state index in [9.17, 15) is 0 Å².